The Bertz CT molecular complexity index is 636. The molecule has 0 saturated carbocycles. The van der Waals surface area contributed by atoms with Crippen LogP contribution in [0.1, 0.15) is 18.1 Å². The van der Waals surface area contributed by atoms with Crippen molar-refractivity contribution in [1.29, 1.82) is 0 Å². The molecule has 0 aliphatic rings. The molecule has 1 aromatic rings. The van der Waals surface area contributed by atoms with Crippen LogP contribution in [0.15, 0.2) is 23.1 Å². The molecule has 1 aromatic carbocycles. The van der Waals surface area contributed by atoms with Gasteiger partial charge in [0.2, 0.25) is 5.91 Å². The Hall–Kier alpha value is -1.89. The zero-order valence-electron chi connectivity index (χ0n) is 11.5. The first kappa shape index (κ1) is 16.2. The Morgan fingerprint density at radius 2 is 1.85 bits per heavy atom. The summed E-state index contributed by atoms with van der Waals surface area (Å²) in [6.07, 6.45) is 0. The molecule has 0 aliphatic carbocycles. The van der Waals surface area contributed by atoms with Crippen LogP contribution in [0, 0.1) is 13.8 Å². The van der Waals surface area contributed by atoms with Crippen molar-refractivity contribution < 1.29 is 23.1 Å². The number of aliphatic carboxylic acids is 1. The normalized spacial score (nSPS) is 12.8. The average Bonchev–Trinajstić information content (AvgIpc) is 2.30. The van der Waals surface area contributed by atoms with Gasteiger partial charge in [0.15, 0.2) is 9.84 Å². The molecule has 110 valence electrons. The van der Waals surface area contributed by atoms with Crippen LogP contribution in [0.2, 0.25) is 0 Å². The van der Waals surface area contributed by atoms with Gasteiger partial charge >= 0.3 is 5.97 Å². The SMILES string of the molecule is CC(=O)NC(CS(=O)(=O)c1ccc(C)c(C)c1)C(=O)O. The number of carboxylic acids is 1. The van der Waals surface area contributed by atoms with Gasteiger partial charge in [0.1, 0.15) is 6.04 Å². The fraction of sp³-hybridized carbons (Fsp3) is 0.385. The molecular formula is C13H17NO5S. The Balaban J connectivity index is 3.06. The maximum atomic E-state index is 12.2. The third-order valence-corrected chi connectivity index (χ3v) is 4.64. The third-order valence-electron chi connectivity index (χ3n) is 2.90. The molecule has 0 spiro atoms. The van der Waals surface area contributed by atoms with E-state index in [0.29, 0.717) is 0 Å². The van der Waals surface area contributed by atoms with Gasteiger partial charge in [-0.05, 0) is 37.1 Å². The fourth-order valence-electron chi connectivity index (χ4n) is 1.64. The Labute approximate surface area is 117 Å². The predicted molar refractivity (Wildman–Crippen MR) is 73.2 cm³/mol. The molecule has 1 rings (SSSR count). The lowest BCUT2D eigenvalue weighted by molar-refractivity contribution is -0.140. The number of hydrogen-bond acceptors (Lipinski definition) is 4. The van der Waals surface area contributed by atoms with Gasteiger partial charge in [-0.3, -0.25) is 4.79 Å². The smallest absolute Gasteiger partial charge is 0.327 e. The Kier molecular flexibility index (Phi) is 4.88. The Morgan fingerprint density at radius 1 is 1.25 bits per heavy atom. The van der Waals surface area contributed by atoms with Gasteiger partial charge in [-0.2, -0.15) is 0 Å². The first-order valence-corrected chi connectivity index (χ1v) is 7.58. The number of amides is 1. The van der Waals surface area contributed by atoms with E-state index in [0.717, 1.165) is 18.1 Å². The maximum absolute atomic E-state index is 12.2. The highest BCUT2D eigenvalue weighted by Crippen LogP contribution is 2.17. The molecule has 0 aliphatic heterocycles. The van der Waals surface area contributed by atoms with Crippen molar-refractivity contribution in [1.82, 2.24) is 5.32 Å². The number of carbonyl (C=O) groups is 2. The lowest BCUT2D eigenvalue weighted by Gasteiger charge is -2.14. The highest BCUT2D eigenvalue weighted by molar-refractivity contribution is 7.91. The van der Waals surface area contributed by atoms with Gasteiger partial charge in [-0.1, -0.05) is 6.07 Å². The minimum absolute atomic E-state index is 0.0530. The van der Waals surface area contributed by atoms with Crippen molar-refractivity contribution in [2.24, 2.45) is 0 Å². The van der Waals surface area contributed by atoms with Crippen molar-refractivity contribution in [2.45, 2.75) is 31.7 Å². The van der Waals surface area contributed by atoms with E-state index < -0.39 is 33.5 Å². The molecule has 0 radical (unpaired) electrons. The van der Waals surface area contributed by atoms with Crippen LogP contribution in [-0.2, 0) is 19.4 Å². The largest absolute Gasteiger partial charge is 0.480 e. The Morgan fingerprint density at radius 3 is 2.30 bits per heavy atom. The van der Waals surface area contributed by atoms with Gasteiger partial charge in [-0.25, -0.2) is 13.2 Å². The van der Waals surface area contributed by atoms with Gasteiger partial charge in [0, 0.05) is 6.92 Å². The zero-order chi connectivity index (χ0) is 15.5. The molecule has 20 heavy (non-hydrogen) atoms. The predicted octanol–water partition coefficient (Wildman–Crippen LogP) is 0.666. The summed E-state index contributed by atoms with van der Waals surface area (Å²) < 4.78 is 24.4. The van der Waals surface area contributed by atoms with Crippen molar-refractivity contribution in [3.8, 4) is 0 Å². The summed E-state index contributed by atoms with van der Waals surface area (Å²) in [5.74, 6) is -2.65. The first-order valence-electron chi connectivity index (χ1n) is 5.93. The molecule has 7 heteroatoms. The topological polar surface area (TPSA) is 101 Å². The summed E-state index contributed by atoms with van der Waals surface area (Å²) in [4.78, 5) is 21.9. The van der Waals surface area contributed by atoms with E-state index in [1.54, 1.807) is 13.0 Å². The minimum atomic E-state index is -3.78. The molecule has 1 unspecified atom stereocenters. The second kappa shape index (κ2) is 6.04. The molecule has 2 N–H and O–H groups in total. The number of aryl methyl sites for hydroxylation is 2. The molecule has 0 fully saturated rings. The van der Waals surface area contributed by atoms with Crippen molar-refractivity contribution in [3.05, 3.63) is 29.3 Å². The number of carboxylic acid groups (broad SMARTS) is 1. The second-order valence-corrected chi connectivity index (χ2v) is 6.65. The van der Waals surface area contributed by atoms with Crippen LogP contribution in [0.4, 0.5) is 0 Å². The maximum Gasteiger partial charge on any atom is 0.327 e. The van der Waals surface area contributed by atoms with Crippen LogP contribution < -0.4 is 5.32 Å². The van der Waals surface area contributed by atoms with Crippen LogP contribution >= 0.6 is 0 Å². The standard InChI is InChI=1S/C13H17NO5S/c1-8-4-5-11(6-9(8)2)20(18,19)7-12(13(16)17)14-10(3)15/h4-6,12H,7H2,1-3H3,(H,14,15)(H,16,17). The van der Waals surface area contributed by atoms with E-state index in [4.69, 9.17) is 5.11 Å². The quantitative estimate of drug-likeness (QED) is 0.832. The number of benzene rings is 1. The number of sulfone groups is 1. The van der Waals surface area contributed by atoms with E-state index in [9.17, 15) is 18.0 Å². The molecule has 0 heterocycles. The zero-order valence-corrected chi connectivity index (χ0v) is 12.3. The number of nitrogens with one attached hydrogen (secondary N) is 1. The minimum Gasteiger partial charge on any atom is -0.480 e. The van der Waals surface area contributed by atoms with Gasteiger partial charge < -0.3 is 10.4 Å². The van der Waals surface area contributed by atoms with Gasteiger partial charge in [0.05, 0.1) is 10.6 Å². The summed E-state index contributed by atoms with van der Waals surface area (Å²) in [6, 6.07) is 3.14. The lowest BCUT2D eigenvalue weighted by Crippen LogP contribution is -2.44. The molecule has 0 bridgehead atoms. The van der Waals surface area contributed by atoms with E-state index in [1.807, 2.05) is 6.92 Å². The second-order valence-electron chi connectivity index (χ2n) is 4.62. The van der Waals surface area contributed by atoms with Crippen molar-refractivity contribution in [3.63, 3.8) is 0 Å². The third kappa shape index (κ3) is 4.06. The fourth-order valence-corrected chi connectivity index (χ4v) is 3.13. The summed E-state index contributed by atoms with van der Waals surface area (Å²) in [7, 11) is -3.78. The molecular weight excluding hydrogens is 282 g/mol. The highest BCUT2D eigenvalue weighted by atomic mass is 32.2. The average molecular weight is 299 g/mol. The first-order chi connectivity index (χ1) is 9.13. The molecule has 1 atom stereocenters. The summed E-state index contributed by atoms with van der Waals surface area (Å²) in [5, 5.41) is 11.1. The summed E-state index contributed by atoms with van der Waals surface area (Å²) in [5.41, 5.74) is 1.75. The monoisotopic (exact) mass is 299 g/mol. The van der Waals surface area contributed by atoms with E-state index in [2.05, 4.69) is 5.32 Å². The van der Waals surface area contributed by atoms with Crippen molar-refractivity contribution >= 4 is 21.7 Å². The number of hydrogen-bond donors (Lipinski definition) is 2. The van der Waals surface area contributed by atoms with Gasteiger partial charge in [-0.15, -0.1) is 0 Å². The van der Waals surface area contributed by atoms with Crippen LogP contribution in [-0.4, -0.2) is 37.2 Å². The molecule has 6 nitrogen and oxygen atoms in total. The van der Waals surface area contributed by atoms with E-state index in [-0.39, 0.29) is 4.90 Å². The summed E-state index contributed by atoms with van der Waals surface area (Å²) in [6.45, 7) is 4.76. The molecule has 1 amide bonds. The van der Waals surface area contributed by atoms with Crippen LogP contribution in [0.3, 0.4) is 0 Å². The number of rotatable bonds is 5. The molecule has 0 aromatic heterocycles. The van der Waals surface area contributed by atoms with E-state index >= 15 is 0 Å². The lowest BCUT2D eigenvalue weighted by atomic mass is 10.1. The van der Waals surface area contributed by atoms with Crippen LogP contribution in [0.25, 0.3) is 0 Å². The molecule has 0 saturated heterocycles. The van der Waals surface area contributed by atoms with Crippen LogP contribution in [0.5, 0.6) is 0 Å². The van der Waals surface area contributed by atoms with Crippen molar-refractivity contribution in [2.75, 3.05) is 5.75 Å². The number of carbonyl (C=O) groups excluding carboxylic acids is 1. The van der Waals surface area contributed by atoms with E-state index in [1.165, 1.54) is 12.1 Å². The summed E-state index contributed by atoms with van der Waals surface area (Å²) >= 11 is 0. The van der Waals surface area contributed by atoms with Gasteiger partial charge in [0.25, 0.3) is 0 Å². The highest BCUT2D eigenvalue weighted by Gasteiger charge is 2.27.